The number of hydrogen-bond donors (Lipinski definition) is 0. The molecule has 0 fully saturated rings. The molecule has 0 rings (SSSR count). The van der Waals surface area contributed by atoms with Crippen LogP contribution in [0.15, 0.2) is 0 Å². The van der Waals surface area contributed by atoms with Gasteiger partial charge in [-0.3, -0.25) is 0 Å². The van der Waals surface area contributed by atoms with E-state index < -0.39 is 20.2 Å². The molecule has 0 atom stereocenters. The van der Waals surface area contributed by atoms with E-state index in [1.165, 1.54) is 0 Å². The molecule has 17 heavy (non-hydrogen) atoms. The average Bonchev–Trinajstić information content (AvgIpc) is 1.12. The predicted octanol–water partition coefficient (Wildman–Crippen LogP) is -7.01. The van der Waals surface area contributed by atoms with Crippen molar-refractivity contribution in [1.82, 2.24) is 0 Å². The van der Waals surface area contributed by atoms with Crippen LogP contribution in [0.25, 0.3) is 0 Å². The quantitative estimate of drug-likeness (QED) is 0.307. The molecule has 0 bridgehead atoms. The van der Waals surface area contributed by atoms with E-state index in [9.17, 15) is 0 Å². The second-order valence-electron chi connectivity index (χ2n) is 1.41. The first-order valence-corrected chi connectivity index (χ1v) is 5.45. The Kier molecular flexibility index (Phi) is 98.8. The molecule has 0 amide bonds. The summed E-state index contributed by atoms with van der Waals surface area (Å²) >= 11 is 0. The van der Waals surface area contributed by atoms with Crippen LogP contribution in [-0.4, -0.2) is 94.4 Å². The van der Waals surface area contributed by atoms with Crippen molar-refractivity contribution in [2.24, 2.45) is 0 Å². The monoisotopic (exact) mass is 322 g/mol. The maximum absolute atomic E-state index is 9.08. The summed E-state index contributed by atoms with van der Waals surface area (Å²) in [6.45, 7) is 0. The maximum Gasteiger partial charge on any atom is 2.00 e. The van der Waals surface area contributed by atoms with Crippen molar-refractivity contribution in [2.75, 3.05) is 12.5 Å². The largest absolute Gasteiger partial charge is 2.00 e. The van der Waals surface area contributed by atoms with E-state index in [1.54, 1.807) is 0 Å². The molecule has 15 heteroatoms. The minimum absolute atomic E-state index is 0. The second-order valence-corrected chi connectivity index (χ2v) is 4.22. The molecule has 0 aliphatic rings. The van der Waals surface area contributed by atoms with Crippen molar-refractivity contribution < 1.29 is 58.8 Å². The molecule has 0 spiro atoms. The van der Waals surface area contributed by atoms with E-state index in [2.05, 4.69) is 0 Å². The summed E-state index contributed by atoms with van der Waals surface area (Å²) in [7, 11) is -7.83. The molecule has 0 saturated heterocycles. The van der Waals surface area contributed by atoms with Crippen molar-refractivity contribution in [3.05, 3.63) is 0 Å². The standard InChI is InChI=1S/2CH4O3S.Mg.6H2O/c2*1-5(2,3)4;;;;;;;/h2*1H3,(H,2,3,4);;6*1H2/q;;+2;;;;;;/p-2. The second kappa shape index (κ2) is 25.3. The molecule has 0 heterocycles. The molecule has 0 radical (unpaired) electrons. The van der Waals surface area contributed by atoms with Crippen LogP contribution in [0.2, 0.25) is 0 Å². The van der Waals surface area contributed by atoms with E-state index in [0.29, 0.717) is 12.5 Å². The third kappa shape index (κ3) is 28100. The fraction of sp³-hybridized carbons (Fsp3) is 1.00. The van der Waals surface area contributed by atoms with E-state index >= 15 is 0 Å². The van der Waals surface area contributed by atoms with E-state index in [-0.39, 0.29) is 55.9 Å². The van der Waals surface area contributed by atoms with Crippen LogP contribution in [0.1, 0.15) is 0 Å². The van der Waals surface area contributed by atoms with Gasteiger partial charge in [-0.15, -0.1) is 0 Å². The molecule has 12 N–H and O–H groups in total. The van der Waals surface area contributed by atoms with Gasteiger partial charge in [-0.1, -0.05) is 0 Å². The van der Waals surface area contributed by atoms with Crippen LogP contribution < -0.4 is 0 Å². The van der Waals surface area contributed by atoms with Gasteiger partial charge in [0.2, 0.25) is 0 Å². The molecule has 0 aliphatic heterocycles. The zero-order valence-electron chi connectivity index (χ0n) is 8.97. The predicted molar refractivity (Wildman–Crippen MR) is 58.7 cm³/mol. The minimum Gasteiger partial charge on any atom is -0.748 e. The van der Waals surface area contributed by atoms with Crippen molar-refractivity contribution in [3.63, 3.8) is 0 Å². The van der Waals surface area contributed by atoms with Gasteiger partial charge in [0.25, 0.3) is 0 Å². The zero-order valence-corrected chi connectivity index (χ0v) is 12.0. The molecular formula is C2H18MgO12S2. The molecule has 0 saturated carbocycles. The SMILES string of the molecule is CS(=O)(=O)[O-].CS(=O)(=O)[O-].O.O.O.O.O.O.[Mg+2]. The summed E-state index contributed by atoms with van der Waals surface area (Å²) in [5.41, 5.74) is 0. The van der Waals surface area contributed by atoms with Gasteiger partial charge in [0.1, 0.15) is 0 Å². The van der Waals surface area contributed by atoms with Crippen LogP contribution in [0.4, 0.5) is 0 Å². The van der Waals surface area contributed by atoms with Gasteiger partial charge in [0.15, 0.2) is 0 Å². The Hall–Kier alpha value is 0.346. The van der Waals surface area contributed by atoms with Crippen molar-refractivity contribution in [3.8, 4) is 0 Å². The molecule has 0 aromatic carbocycles. The molecule has 0 unspecified atom stereocenters. The van der Waals surface area contributed by atoms with Gasteiger partial charge in [-0.2, -0.15) is 0 Å². The van der Waals surface area contributed by atoms with Crippen molar-refractivity contribution >= 4 is 43.3 Å². The van der Waals surface area contributed by atoms with Crippen LogP contribution in [-0.2, 0) is 20.2 Å². The Balaban J connectivity index is -0.00000000762. The van der Waals surface area contributed by atoms with Gasteiger partial charge < -0.3 is 42.0 Å². The number of hydrogen-bond acceptors (Lipinski definition) is 6. The first kappa shape index (κ1) is 66.5. The van der Waals surface area contributed by atoms with E-state index in [4.69, 9.17) is 25.9 Å². The van der Waals surface area contributed by atoms with Crippen LogP contribution >= 0.6 is 0 Å². The molecule has 112 valence electrons. The normalized spacial score (nSPS) is 6.82. The topological polar surface area (TPSA) is 303 Å². The Morgan fingerprint density at radius 3 is 0.588 bits per heavy atom. The maximum atomic E-state index is 9.08. The Morgan fingerprint density at radius 1 is 0.588 bits per heavy atom. The fourth-order valence-corrected chi connectivity index (χ4v) is 0. The van der Waals surface area contributed by atoms with Crippen LogP contribution in [0.5, 0.6) is 0 Å². The van der Waals surface area contributed by atoms with E-state index in [0.717, 1.165) is 0 Å². The fourth-order valence-electron chi connectivity index (χ4n) is 0. The first-order chi connectivity index (χ1) is 4.00. The molecule has 0 aromatic rings. The zero-order chi connectivity index (χ0) is 9.00. The third-order valence-corrected chi connectivity index (χ3v) is 0. The molecule has 0 aromatic heterocycles. The summed E-state index contributed by atoms with van der Waals surface area (Å²) < 4.78 is 54.5. The Bertz CT molecular complexity index is 219. The number of rotatable bonds is 0. The Morgan fingerprint density at radius 2 is 0.588 bits per heavy atom. The minimum atomic E-state index is -3.92. The molecule has 0 aliphatic carbocycles. The van der Waals surface area contributed by atoms with Crippen LogP contribution in [0, 0.1) is 0 Å². The summed E-state index contributed by atoms with van der Waals surface area (Å²) in [4.78, 5) is 0. The summed E-state index contributed by atoms with van der Waals surface area (Å²) in [5.74, 6) is 0. The summed E-state index contributed by atoms with van der Waals surface area (Å²) in [6, 6.07) is 0. The first-order valence-electron chi connectivity index (χ1n) is 1.82. The van der Waals surface area contributed by atoms with Crippen molar-refractivity contribution in [2.45, 2.75) is 0 Å². The smallest absolute Gasteiger partial charge is 0.748 e. The third-order valence-electron chi connectivity index (χ3n) is 0. The van der Waals surface area contributed by atoms with Crippen LogP contribution in [0.3, 0.4) is 0 Å². The summed E-state index contributed by atoms with van der Waals surface area (Å²) in [5, 5.41) is 0. The van der Waals surface area contributed by atoms with Gasteiger partial charge in [0, 0.05) is 12.5 Å². The molecule has 12 nitrogen and oxygen atoms in total. The Labute approximate surface area is 115 Å². The van der Waals surface area contributed by atoms with Gasteiger partial charge in [-0.05, 0) is 0 Å². The van der Waals surface area contributed by atoms with E-state index in [1.807, 2.05) is 0 Å². The van der Waals surface area contributed by atoms with Gasteiger partial charge in [-0.25, -0.2) is 16.8 Å². The average molecular weight is 323 g/mol. The molecular weight excluding hydrogens is 304 g/mol. The van der Waals surface area contributed by atoms with Crippen molar-refractivity contribution in [1.29, 1.82) is 0 Å². The summed E-state index contributed by atoms with van der Waals surface area (Å²) in [6.07, 6.45) is 1.21. The van der Waals surface area contributed by atoms with Gasteiger partial charge >= 0.3 is 23.1 Å². The van der Waals surface area contributed by atoms with Gasteiger partial charge in [0.05, 0.1) is 20.2 Å².